The third-order valence-corrected chi connectivity index (χ3v) is 21.5. The molecule has 8 aliphatic rings. The molecule has 12 rings (SSSR count). The number of carboxylic acids is 1. The number of amides is 2. The minimum absolute atomic E-state index is 0. The van der Waals surface area contributed by atoms with Crippen LogP contribution in [0.1, 0.15) is 152 Å². The van der Waals surface area contributed by atoms with Gasteiger partial charge in [-0.05, 0) is 164 Å². The maximum atomic E-state index is 16.1. The number of methoxy groups -OCH3 is 2. The summed E-state index contributed by atoms with van der Waals surface area (Å²) in [5.74, 6) is -6.54. The van der Waals surface area contributed by atoms with Crippen molar-refractivity contribution in [3.05, 3.63) is 115 Å². The van der Waals surface area contributed by atoms with E-state index in [9.17, 15) is 33.9 Å². The maximum Gasteiger partial charge on any atom is 0.334 e. The van der Waals surface area contributed by atoms with Crippen LogP contribution in [0.15, 0.2) is 60.9 Å². The Morgan fingerprint density at radius 2 is 1.15 bits per heavy atom. The first-order valence-corrected chi connectivity index (χ1v) is 31.2. The van der Waals surface area contributed by atoms with Crippen molar-refractivity contribution in [1.82, 2.24) is 15.3 Å². The summed E-state index contributed by atoms with van der Waals surface area (Å²) < 4.78 is 51.7. The number of ketones is 1. The predicted octanol–water partition coefficient (Wildman–Crippen LogP) is 12.0. The van der Waals surface area contributed by atoms with Crippen LogP contribution in [0.3, 0.4) is 0 Å². The zero-order valence-electron chi connectivity index (χ0n) is 49.9. The van der Waals surface area contributed by atoms with Crippen molar-refractivity contribution in [3.8, 4) is 0 Å². The first-order chi connectivity index (χ1) is 41.2. The van der Waals surface area contributed by atoms with Crippen LogP contribution in [0, 0.1) is 39.7 Å². The van der Waals surface area contributed by atoms with E-state index < -0.39 is 75.3 Å². The largest absolute Gasteiger partial charge is 0.480 e. The molecule has 2 aromatic carbocycles. The fourth-order valence-electron chi connectivity index (χ4n) is 16.0. The average molecular weight is 1320 g/mol. The second kappa shape index (κ2) is 25.9. The lowest BCUT2D eigenvalue weighted by Gasteiger charge is -2.51. The van der Waals surface area contributed by atoms with Gasteiger partial charge in [-0.3, -0.25) is 24.5 Å². The van der Waals surface area contributed by atoms with Crippen LogP contribution in [0.2, 0.25) is 20.4 Å². The van der Waals surface area contributed by atoms with E-state index in [2.05, 4.69) is 58.4 Å². The quantitative estimate of drug-likeness (QED) is 0.0813. The number of esters is 2. The van der Waals surface area contributed by atoms with Gasteiger partial charge in [0.1, 0.15) is 17.2 Å². The number of carbonyl (C=O) groups is 6. The number of nitrogens with two attached hydrogens (primary N) is 1. The van der Waals surface area contributed by atoms with E-state index in [4.69, 9.17) is 66.3 Å². The molecule has 2 aromatic heterocycles. The molecule has 2 amide bonds. The Morgan fingerprint density at radius 1 is 0.670 bits per heavy atom. The first kappa shape index (κ1) is 67.3. The molecule has 24 heteroatoms. The number of carbonyl (C=O) groups excluding carboxylic acids is 5. The van der Waals surface area contributed by atoms with Crippen LogP contribution in [-0.4, -0.2) is 108 Å². The van der Waals surface area contributed by atoms with Crippen molar-refractivity contribution < 1.29 is 61.6 Å². The number of halogens is 7. The fourth-order valence-corrected chi connectivity index (χ4v) is 16.7. The highest BCUT2D eigenvalue weighted by atomic mass is 35.5. The SMILES string of the molecule is CC1(C)CCC2(CC1)N[C@@H](C(=O)O)[C@H](c1ccnc(Cl)c1F)C21C(=O)Nc2cc(Cl)ccc21.COC(=O)[C@@H]1CC[C@@H](CC(=O)[C@@H]2CC3(CCC(C)(C)CC3)[C@@]3(C(=O)Nc4cc(Cl)ccc43)[C@H]2c2ccnc(Cl)c2F)CO1.COC(=O)[C@@H]1CC[C@@H](N)CO1.Cl. The molecule has 3 saturated carbocycles. The molecule has 7 heterocycles. The van der Waals surface area contributed by atoms with Crippen molar-refractivity contribution in [2.75, 3.05) is 38.1 Å². The Bertz CT molecular complexity index is 3360. The van der Waals surface area contributed by atoms with Crippen LogP contribution in [0.25, 0.3) is 0 Å². The molecule has 10 atom stereocenters. The molecular formula is C64H75Cl5F2N6O11. The van der Waals surface area contributed by atoms with Gasteiger partial charge in [0, 0.05) is 69.6 Å². The zero-order chi connectivity index (χ0) is 62.8. The molecule has 1 unspecified atom stereocenters. The summed E-state index contributed by atoms with van der Waals surface area (Å²) in [6.07, 6.45) is 11.0. The number of ether oxygens (including phenoxy) is 4. The number of aromatic nitrogens is 2. The van der Waals surface area contributed by atoms with Gasteiger partial charge in [0.2, 0.25) is 11.8 Å². The number of fused-ring (bicyclic) bond motifs is 6. The number of nitrogens with zero attached hydrogens (tertiary/aromatic N) is 2. The molecule has 0 radical (unpaired) electrons. The summed E-state index contributed by atoms with van der Waals surface area (Å²) >= 11 is 24.9. The molecule has 5 aliphatic heterocycles. The van der Waals surface area contributed by atoms with Gasteiger partial charge in [-0.2, -0.15) is 0 Å². The molecule has 3 aliphatic carbocycles. The summed E-state index contributed by atoms with van der Waals surface area (Å²) in [5, 5.41) is 19.9. The van der Waals surface area contributed by atoms with Gasteiger partial charge in [-0.15, -0.1) is 12.4 Å². The highest BCUT2D eigenvalue weighted by molar-refractivity contribution is 6.32. The van der Waals surface area contributed by atoms with Gasteiger partial charge in [0.05, 0.1) is 32.8 Å². The molecule has 4 spiro atoms. The molecule has 3 saturated heterocycles. The second-order valence-corrected chi connectivity index (χ2v) is 28.1. The third kappa shape index (κ3) is 11.8. The average Bonchev–Trinajstić information content (AvgIpc) is 1.53. The summed E-state index contributed by atoms with van der Waals surface area (Å²) in [7, 11) is 2.69. The van der Waals surface area contributed by atoms with Gasteiger partial charge in [-0.1, -0.05) is 86.2 Å². The predicted molar refractivity (Wildman–Crippen MR) is 330 cm³/mol. The maximum absolute atomic E-state index is 16.1. The normalized spacial score (nSPS) is 29.9. The zero-order valence-corrected chi connectivity index (χ0v) is 53.7. The van der Waals surface area contributed by atoms with Gasteiger partial charge >= 0.3 is 17.9 Å². The Labute approximate surface area is 536 Å². The Hall–Kier alpha value is -5.09. The van der Waals surface area contributed by atoms with Gasteiger partial charge in [0.15, 0.2) is 34.1 Å². The number of carboxylic acid groups (broad SMARTS) is 1. The topological polar surface area (TPSA) is 247 Å². The molecule has 476 valence electrons. The Kier molecular flexibility index (Phi) is 19.8. The van der Waals surface area contributed by atoms with Crippen LogP contribution in [0.4, 0.5) is 20.2 Å². The van der Waals surface area contributed by atoms with E-state index in [1.165, 1.54) is 32.7 Å². The minimum Gasteiger partial charge on any atom is -0.480 e. The number of nitrogens with one attached hydrogen (secondary N) is 3. The number of hydrogen-bond acceptors (Lipinski definition) is 14. The Balaban J connectivity index is 0.000000181. The molecular weight excluding hydrogens is 1240 g/mol. The number of hydrogen-bond donors (Lipinski definition) is 5. The highest BCUT2D eigenvalue weighted by Crippen LogP contribution is 2.73. The molecule has 6 N–H and O–H groups in total. The smallest absolute Gasteiger partial charge is 0.334 e. The lowest BCUT2D eigenvalue weighted by molar-refractivity contribution is -0.159. The number of anilines is 2. The van der Waals surface area contributed by atoms with E-state index in [0.717, 1.165) is 50.5 Å². The van der Waals surface area contributed by atoms with Crippen LogP contribution in [0.5, 0.6) is 0 Å². The third-order valence-electron chi connectivity index (χ3n) is 20.5. The van der Waals surface area contributed by atoms with Gasteiger partial charge in [-0.25, -0.2) is 28.3 Å². The van der Waals surface area contributed by atoms with Crippen molar-refractivity contribution in [2.24, 2.45) is 33.8 Å². The Morgan fingerprint density at radius 3 is 1.62 bits per heavy atom. The molecule has 0 bridgehead atoms. The molecule has 17 nitrogen and oxygen atoms in total. The molecule has 4 aromatic rings. The van der Waals surface area contributed by atoms with Crippen LogP contribution >= 0.6 is 58.8 Å². The summed E-state index contributed by atoms with van der Waals surface area (Å²) in [4.78, 5) is 86.2. The molecule has 88 heavy (non-hydrogen) atoms. The first-order valence-electron chi connectivity index (χ1n) is 29.7. The van der Waals surface area contributed by atoms with Crippen LogP contribution < -0.4 is 21.7 Å². The summed E-state index contributed by atoms with van der Waals surface area (Å²) in [5.41, 5.74) is 4.48. The van der Waals surface area contributed by atoms with Crippen molar-refractivity contribution in [2.45, 2.75) is 170 Å². The number of rotatable bonds is 8. The number of aliphatic carboxylic acids is 1. The lowest BCUT2D eigenvalue weighted by atomic mass is 9.51. The van der Waals surface area contributed by atoms with E-state index >= 15 is 8.78 Å². The fraction of sp³-hybridized carbons (Fsp3) is 0.562. The van der Waals surface area contributed by atoms with Crippen molar-refractivity contribution in [1.29, 1.82) is 0 Å². The van der Waals surface area contributed by atoms with Crippen molar-refractivity contribution >= 4 is 106 Å². The summed E-state index contributed by atoms with van der Waals surface area (Å²) in [6, 6.07) is 12.4. The van der Waals surface area contributed by atoms with Crippen LogP contribution in [-0.2, 0) is 58.5 Å². The highest BCUT2D eigenvalue weighted by Gasteiger charge is 2.74. The van der Waals surface area contributed by atoms with E-state index in [-0.39, 0.29) is 99.3 Å². The number of benzene rings is 2. The lowest BCUT2D eigenvalue weighted by Crippen LogP contribution is -2.61. The number of Topliss-reactive ketones (excluding diaryl/α,β-unsaturated/α-hetero) is 1. The van der Waals surface area contributed by atoms with E-state index in [1.807, 2.05) is 6.07 Å². The van der Waals surface area contributed by atoms with Gasteiger partial charge < -0.3 is 40.4 Å². The standard InChI is InChI=1S/C33H37Cl2FN2O5.C24H24Cl2FN3O3.C7H13NO3.ClH/c1-31(2)9-11-32(12-10-31)16-21(24(39)14-18-4-7-25(43-17-18)29(40)42-3)26(20-8-13-37-28(35)27(20)36)33(32)22-6-5-19(34)15-23(22)38-30(33)41;1-22(2)6-8-23(9-7-22)24(14-4-3-12(25)11-15(14)29-21(24)33)16(18(30-23)20(31)32)13-5-10-28-19(26)17(13)27;1-10-7(9)6-3-2-5(8)4-11-6;/h5-6,8,13,15,18,21,25-26H,4,7,9-12,14,16-17H2,1-3H3,(H,38,41);3-5,10-11,16,18,30H,6-9H2,1-2H3,(H,29,33)(H,31,32);5-6H,2-4,8H2,1H3;1H/t18-,21-,25-,26-,33+;16-,18+,24?;5-,6+;/m001./s1. The van der Waals surface area contributed by atoms with E-state index in [0.29, 0.717) is 72.1 Å². The number of pyridine rings is 2. The van der Waals surface area contributed by atoms with E-state index in [1.54, 1.807) is 36.4 Å². The van der Waals surface area contributed by atoms with Crippen molar-refractivity contribution in [3.63, 3.8) is 0 Å². The molecule has 6 fully saturated rings. The van der Waals surface area contributed by atoms with Gasteiger partial charge in [0.25, 0.3) is 0 Å². The minimum atomic E-state index is -1.36. The summed E-state index contributed by atoms with van der Waals surface area (Å²) in [6.45, 7) is 9.51. The monoisotopic (exact) mass is 1320 g/mol. The second-order valence-electron chi connectivity index (χ2n) is 26.5.